The van der Waals surface area contributed by atoms with E-state index in [9.17, 15) is 0 Å². The molecule has 0 aromatic carbocycles. The van der Waals surface area contributed by atoms with Crippen LogP contribution in [0, 0.1) is 6.08 Å². The molecule has 0 fully saturated rings. The molecular formula is C12H16BrCl2SiZr-. The van der Waals surface area contributed by atoms with Gasteiger partial charge >= 0.3 is 0 Å². The maximum Gasteiger partial charge on any atom is 0.142 e. The average molecular weight is 430 g/mol. The SMILES string of the molecule is C[Si](C)(Br)C1=C(C2=[C-]CC=C2)CC=C1.Cl.Cl.[Zr]. The molecule has 0 radical (unpaired) electrons. The smallest absolute Gasteiger partial charge is 0.142 e. The van der Waals surface area contributed by atoms with Crippen molar-refractivity contribution >= 4 is 46.8 Å². The van der Waals surface area contributed by atoms with Crippen LogP contribution in [0.2, 0.25) is 13.1 Å². The van der Waals surface area contributed by atoms with Crippen molar-refractivity contribution in [3.8, 4) is 0 Å². The molecule has 0 atom stereocenters. The summed E-state index contributed by atoms with van der Waals surface area (Å²) < 4.78 is 0. The monoisotopic (exact) mass is 427 g/mol. The average Bonchev–Trinajstić information content (AvgIpc) is 2.73. The largest absolute Gasteiger partial charge is 0.198 e. The van der Waals surface area contributed by atoms with Crippen molar-refractivity contribution in [2.75, 3.05) is 0 Å². The molecular weight excluding hydrogens is 414 g/mol. The number of halogens is 3. The fourth-order valence-electron chi connectivity index (χ4n) is 1.93. The van der Waals surface area contributed by atoms with E-state index in [0.29, 0.717) is 0 Å². The Labute approximate surface area is 144 Å². The van der Waals surface area contributed by atoms with E-state index >= 15 is 0 Å². The molecule has 0 saturated carbocycles. The summed E-state index contributed by atoms with van der Waals surface area (Å²) >= 11 is 3.86. The summed E-state index contributed by atoms with van der Waals surface area (Å²) in [5.41, 5.74) is 2.82. The normalized spacial score (nSPS) is 17.2. The predicted octanol–water partition coefficient (Wildman–Crippen LogP) is 4.91. The zero-order valence-corrected chi connectivity index (χ0v) is 16.6. The molecule has 0 amide bonds. The van der Waals surface area contributed by atoms with Crippen molar-refractivity contribution in [2.24, 2.45) is 0 Å². The van der Waals surface area contributed by atoms with Crippen LogP contribution in [0.3, 0.4) is 0 Å². The third-order valence-electron chi connectivity index (χ3n) is 2.59. The third-order valence-corrected chi connectivity index (χ3v) is 5.62. The van der Waals surface area contributed by atoms with E-state index in [0.717, 1.165) is 12.8 Å². The molecule has 0 bridgehead atoms. The third kappa shape index (κ3) is 4.95. The van der Waals surface area contributed by atoms with E-state index < -0.39 is 6.69 Å². The first kappa shape index (κ1) is 20.4. The van der Waals surface area contributed by atoms with Gasteiger partial charge in [0.2, 0.25) is 0 Å². The van der Waals surface area contributed by atoms with E-state index in [4.69, 9.17) is 0 Å². The van der Waals surface area contributed by atoms with Gasteiger partial charge in [-0.25, -0.2) is 0 Å². The van der Waals surface area contributed by atoms with E-state index in [-0.39, 0.29) is 51.0 Å². The Kier molecular flexibility index (Phi) is 10.0. The maximum atomic E-state index is 3.86. The maximum absolute atomic E-state index is 3.86. The zero-order chi connectivity index (χ0) is 10.2. The Morgan fingerprint density at radius 1 is 1.18 bits per heavy atom. The number of hydrogen-bond donors (Lipinski definition) is 0. The fourth-order valence-corrected chi connectivity index (χ4v) is 4.51. The van der Waals surface area contributed by atoms with Crippen LogP contribution in [0.25, 0.3) is 0 Å². The van der Waals surface area contributed by atoms with Gasteiger partial charge in [0.1, 0.15) is 6.69 Å². The summed E-state index contributed by atoms with van der Waals surface area (Å²) in [6, 6.07) is 0. The molecule has 0 heterocycles. The molecule has 0 spiro atoms. The topological polar surface area (TPSA) is 0 Å². The van der Waals surface area contributed by atoms with Crippen LogP contribution in [0.15, 0.2) is 40.6 Å². The van der Waals surface area contributed by atoms with Crippen LogP contribution >= 0.6 is 40.1 Å². The first-order valence-corrected chi connectivity index (χ1v) is 10.2. The molecule has 2 rings (SSSR count). The van der Waals surface area contributed by atoms with Crippen molar-refractivity contribution in [3.63, 3.8) is 0 Å². The standard InChI is InChI=1S/C12H14BrSi.2ClH.Zr/c1-14(2,13)12-9-5-8-11(12)10-6-3-4-7-10;;;/h3,5-6,9H,4,8H2,1-2H3;2*1H;/q-1;;;. The van der Waals surface area contributed by atoms with Gasteiger partial charge in [-0.2, -0.15) is 17.7 Å². The minimum Gasteiger partial charge on any atom is -0.198 e. The fraction of sp³-hybridized carbons (Fsp3) is 0.333. The summed E-state index contributed by atoms with van der Waals surface area (Å²) in [7, 11) is 0. The van der Waals surface area contributed by atoms with Gasteiger partial charge in [-0.3, -0.25) is 0 Å². The van der Waals surface area contributed by atoms with Crippen LogP contribution in [0.5, 0.6) is 0 Å². The van der Waals surface area contributed by atoms with Crippen molar-refractivity contribution < 1.29 is 26.2 Å². The number of hydrogen-bond acceptors (Lipinski definition) is 0. The van der Waals surface area contributed by atoms with Gasteiger partial charge in [-0.05, 0) is 0 Å². The van der Waals surface area contributed by atoms with Gasteiger partial charge in [0.05, 0.1) is 0 Å². The van der Waals surface area contributed by atoms with Gasteiger partial charge in [0.15, 0.2) is 0 Å². The van der Waals surface area contributed by atoms with Crippen molar-refractivity contribution in [1.82, 2.24) is 0 Å². The second-order valence-electron chi connectivity index (χ2n) is 4.17. The summed E-state index contributed by atoms with van der Waals surface area (Å²) in [4.78, 5) is 0. The summed E-state index contributed by atoms with van der Waals surface area (Å²) in [6.07, 6.45) is 14.4. The van der Waals surface area contributed by atoms with Gasteiger partial charge < -0.3 is 0 Å². The Morgan fingerprint density at radius 3 is 2.29 bits per heavy atom. The van der Waals surface area contributed by atoms with E-state index in [1.165, 1.54) is 16.3 Å². The molecule has 0 unspecified atom stereocenters. The Balaban J connectivity index is 0. The second-order valence-corrected chi connectivity index (χ2v) is 13.6. The Hall–Kier alpha value is 1.12. The first-order chi connectivity index (χ1) is 6.59. The predicted molar refractivity (Wildman–Crippen MR) is 82.2 cm³/mol. The quantitative estimate of drug-likeness (QED) is 0.332. The molecule has 0 aromatic heterocycles. The van der Waals surface area contributed by atoms with Gasteiger partial charge in [0.25, 0.3) is 0 Å². The minimum absolute atomic E-state index is 0. The van der Waals surface area contributed by atoms with Crippen LogP contribution in [0.4, 0.5) is 0 Å². The first-order valence-electron chi connectivity index (χ1n) is 4.96. The molecule has 0 aliphatic heterocycles. The van der Waals surface area contributed by atoms with Crippen LogP contribution in [-0.2, 0) is 26.2 Å². The Bertz CT molecular complexity index is 378. The molecule has 0 N–H and O–H groups in total. The van der Waals surface area contributed by atoms with Crippen molar-refractivity contribution in [2.45, 2.75) is 25.9 Å². The minimum atomic E-state index is -1.34. The molecule has 2 aliphatic rings. The molecule has 0 aromatic rings. The molecule has 2 aliphatic carbocycles. The Morgan fingerprint density at radius 2 is 1.82 bits per heavy atom. The van der Waals surface area contributed by atoms with Crippen LogP contribution in [0.1, 0.15) is 12.8 Å². The second kappa shape index (κ2) is 8.32. The van der Waals surface area contributed by atoms with E-state index in [1.54, 1.807) is 0 Å². The molecule has 5 heteroatoms. The molecule has 17 heavy (non-hydrogen) atoms. The van der Waals surface area contributed by atoms with E-state index in [2.05, 4.69) is 58.8 Å². The summed E-state index contributed by atoms with van der Waals surface area (Å²) in [5, 5.41) is 1.53. The van der Waals surface area contributed by atoms with Crippen molar-refractivity contribution in [3.05, 3.63) is 46.7 Å². The van der Waals surface area contributed by atoms with Gasteiger partial charge in [0, 0.05) is 26.2 Å². The van der Waals surface area contributed by atoms with Crippen LogP contribution < -0.4 is 0 Å². The van der Waals surface area contributed by atoms with Crippen molar-refractivity contribution in [1.29, 1.82) is 0 Å². The molecule has 94 valence electrons. The zero-order valence-electron chi connectivity index (χ0n) is 9.92. The van der Waals surface area contributed by atoms with Crippen LogP contribution in [-0.4, -0.2) is 6.69 Å². The van der Waals surface area contributed by atoms with Gasteiger partial charge in [-0.15, -0.1) is 51.8 Å². The number of rotatable bonds is 2. The molecule has 0 nitrogen and oxygen atoms in total. The summed E-state index contributed by atoms with van der Waals surface area (Å²) in [5.74, 6) is 0. The number of allylic oxidation sites excluding steroid dienone is 8. The summed E-state index contributed by atoms with van der Waals surface area (Å²) in [6.45, 7) is 3.32. The van der Waals surface area contributed by atoms with Gasteiger partial charge in [-0.1, -0.05) is 43.3 Å². The van der Waals surface area contributed by atoms with E-state index in [1.807, 2.05) is 0 Å². The molecule has 0 saturated heterocycles.